The molecule has 1 aliphatic heterocycles. The third kappa shape index (κ3) is 3.18. The van der Waals surface area contributed by atoms with Crippen LogP contribution in [0.2, 0.25) is 0 Å². The molecule has 0 saturated carbocycles. The Kier molecular flexibility index (Phi) is 3.61. The van der Waals surface area contributed by atoms with Crippen LogP contribution >= 0.6 is 11.8 Å². The smallest absolute Gasteiger partial charge is 0.410 e. The van der Waals surface area contributed by atoms with Gasteiger partial charge in [-0.05, 0) is 26.8 Å². The van der Waals surface area contributed by atoms with E-state index in [9.17, 15) is 4.79 Å². The average molecular weight is 304 g/mol. The molecule has 5 heteroatoms. The van der Waals surface area contributed by atoms with Crippen molar-refractivity contribution in [3.05, 3.63) is 30.5 Å². The Morgan fingerprint density at radius 3 is 2.76 bits per heavy atom. The maximum absolute atomic E-state index is 11.9. The van der Waals surface area contributed by atoms with E-state index in [0.717, 1.165) is 18.6 Å². The number of carbonyl (C=O) groups excluding carboxylic acids is 1. The van der Waals surface area contributed by atoms with Crippen LogP contribution < -0.4 is 0 Å². The van der Waals surface area contributed by atoms with E-state index in [0.29, 0.717) is 5.25 Å². The molecule has 3 rings (SSSR count). The second kappa shape index (κ2) is 5.30. The molecule has 1 aromatic carbocycles. The molecule has 0 unspecified atom stereocenters. The van der Waals surface area contributed by atoms with E-state index < -0.39 is 5.60 Å². The number of amides is 1. The molecule has 2 aromatic rings. The lowest BCUT2D eigenvalue weighted by molar-refractivity contribution is 0.0144. The zero-order valence-electron chi connectivity index (χ0n) is 12.6. The summed E-state index contributed by atoms with van der Waals surface area (Å²) >= 11 is 1.82. The van der Waals surface area contributed by atoms with Crippen LogP contribution in [0, 0.1) is 0 Å². The van der Waals surface area contributed by atoms with Crippen molar-refractivity contribution in [2.75, 3.05) is 13.1 Å². The topological polar surface area (TPSA) is 45.3 Å². The number of hydrogen-bond donors (Lipinski definition) is 1. The summed E-state index contributed by atoms with van der Waals surface area (Å²) in [6.45, 7) is 7.17. The van der Waals surface area contributed by atoms with Gasteiger partial charge in [-0.3, -0.25) is 0 Å². The van der Waals surface area contributed by atoms with Gasteiger partial charge in [0, 0.05) is 40.3 Å². The van der Waals surface area contributed by atoms with E-state index >= 15 is 0 Å². The summed E-state index contributed by atoms with van der Waals surface area (Å²) in [6.07, 6.45) is 1.84. The number of aromatic nitrogens is 1. The summed E-state index contributed by atoms with van der Waals surface area (Å²) in [5.41, 5.74) is 0.731. The van der Waals surface area contributed by atoms with Crippen LogP contribution in [0.5, 0.6) is 0 Å². The Labute approximate surface area is 128 Å². The third-order valence-corrected chi connectivity index (χ3v) is 4.57. The molecular weight excluding hydrogens is 284 g/mol. The number of carbonyl (C=O) groups is 1. The van der Waals surface area contributed by atoms with Gasteiger partial charge >= 0.3 is 6.09 Å². The number of likely N-dealkylation sites (tertiary alicyclic amines) is 1. The molecule has 0 bridgehead atoms. The number of ether oxygens (including phenoxy) is 1. The van der Waals surface area contributed by atoms with Crippen LogP contribution in [0.25, 0.3) is 10.9 Å². The number of hydrogen-bond acceptors (Lipinski definition) is 3. The maximum Gasteiger partial charge on any atom is 0.410 e. The Morgan fingerprint density at radius 2 is 2.05 bits per heavy atom. The van der Waals surface area contributed by atoms with Crippen molar-refractivity contribution in [2.45, 2.75) is 36.5 Å². The van der Waals surface area contributed by atoms with Crippen LogP contribution in [0.1, 0.15) is 20.8 Å². The van der Waals surface area contributed by atoms with Crippen molar-refractivity contribution in [1.82, 2.24) is 9.88 Å². The summed E-state index contributed by atoms with van der Waals surface area (Å²) in [7, 11) is 0. The number of fused-ring (bicyclic) bond motifs is 1. The van der Waals surface area contributed by atoms with E-state index in [4.69, 9.17) is 4.74 Å². The highest BCUT2D eigenvalue weighted by Gasteiger charge is 2.34. The second-order valence-corrected chi connectivity index (χ2v) is 7.67. The van der Waals surface area contributed by atoms with E-state index in [1.54, 1.807) is 4.90 Å². The molecule has 0 radical (unpaired) electrons. The number of nitrogens with one attached hydrogen (secondary N) is 1. The molecule has 4 nitrogen and oxygen atoms in total. The highest BCUT2D eigenvalue weighted by molar-refractivity contribution is 8.00. The zero-order valence-corrected chi connectivity index (χ0v) is 13.4. The average Bonchev–Trinajstić information content (AvgIpc) is 2.74. The highest BCUT2D eigenvalue weighted by atomic mass is 32.2. The van der Waals surface area contributed by atoms with Gasteiger partial charge in [-0.2, -0.15) is 0 Å². The fraction of sp³-hybridized carbons (Fsp3) is 0.438. The quantitative estimate of drug-likeness (QED) is 0.916. The van der Waals surface area contributed by atoms with Gasteiger partial charge in [0.1, 0.15) is 5.60 Å². The number of rotatable bonds is 2. The second-order valence-electron chi connectivity index (χ2n) is 6.32. The monoisotopic (exact) mass is 304 g/mol. The van der Waals surface area contributed by atoms with E-state index in [2.05, 4.69) is 17.1 Å². The van der Waals surface area contributed by atoms with Gasteiger partial charge in [0.15, 0.2) is 0 Å². The molecule has 1 amide bonds. The fourth-order valence-corrected chi connectivity index (χ4v) is 3.61. The maximum atomic E-state index is 11.9. The number of para-hydroxylation sites is 1. The Hall–Kier alpha value is -1.62. The van der Waals surface area contributed by atoms with Crippen molar-refractivity contribution in [3.8, 4) is 0 Å². The van der Waals surface area contributed by atoms with Crippen molar-refractivity contribution in [1.29, 1.82) is 0 Å². The summed E-state index contributed by atoms with van der Waals surface area (Å²) < 4.78 is 5.37. The standard InChI is InChI=1S/C16H20N2O2S/c1-16(2,3)20-15(19)18-9-11(10-18)21-14-8-17-13-7-5-4-6-12(13)14/h4-8,11,17H,9-10H2,1-3H3. The predicted octanol–water partition coefficient (Wildman–Crippen LogP) is 3.88. The Morgan fingerprint density at radius 1 is 1.33 bits per heavy atom. The molecule has 21 heavy (non-hydrogen) atoms. The SMILES string of the molecule is CC(C)(C)OC(=O)N1CC(Sc2c[nH]c3ccccc23)C1. The molecule has 1 N–H and O–H groups in total. The molecular formula is C16H20N2O2S. The van der Waals surface area contributed by atoms with Gasteiger partial charge in [-0.15, -0.1) is 11.8 Å². The number of thioether (sulfide) groups is 1. The van der Waals surface area contributed by atoms with Gasteiger partial charge < -0.3 is 14.6 Å². The summed E-state index contributed by atoms with van der Waals surface area (Å²) in [4.78, 5) is 18.2. The van der Waals surface area contributed by atoms with Gasteiger partial charge in [0.25, 0.3) is 0 Å². The first-order chi connectivity index (χ1) is 9.92. The number of H-pyrrole nitrogens is 1. The molecule has 0 atom stereocenters. The lowest BCUT2D eigenvalue weighted by Crippen LogP contribution is -2.53. The number of nitrogens with zero attached hydrogens (tertiary/aromatic N) is 1. The van der Waals surface area contributed by atoms with E-state index in [-0.39, 0.29) is 6.09 Å². The van der Waals surface area contributed by atoms with Crippen LogP contribution in [0.4, 0.5) is 4.79 Å². The van der Waals surface area contributed by atoms with Crippen molar-refractivity contribution < 1.29 is 9.53 Å². The lowest BCUT2D eigenvalue weighted by Gasteiger charge is -2.39. The van der Waals surface area contributed by atoms with Gasteiger partial charge in [-0.1, -0.05) is 18.2 Å². The molecule has 0 aliphatic carbocycles. The van der Waals surface area contributed by atoms with Crippen molar-refractivity contribution in [3.63, 3.8) is 0 Å². The zero-order chi connectivity index (χ0) is 15.0. The van der Waals surface area contributed by atoms with Crippen LogP contribution in [-0.4, -0.2) is 39.9 Å². The van der Waals surface area contributed by atoms with Gasteiger partial charge in [0.2, 0.25) is 0 Å². The first kappa shape index (κ1) is 14.3. The van der Waals surface area contributed by atoms with Crippen molar-refractivity contribution in [2.24, 2.45) is 0 Å². The van der Waals surface area contributed by atoms with Gasteiger partial charge in [0.05, 0.1) is 0 Å². The Balaban J connectivity index is 1.57. The molecule has 1 aromatic heterocycles. The molecule has 0 spiro atoms. The first-order valence-corrected chi connectivity index (χ1v) is 8.01. The van der Waals surface area contributed by atoms with Crippen molar-refractivity contribution >= 4 is 28.8 Å². The van der Waals surface area contributed by atoms with Gasteiger partial charge in [-0.25, -0.2) is 4.79 Å². The lowest BCUT2D eigenvalue weighted by atomic mass is 10.2. The molecule has 112 valence electrons. The molecule has 1 fully saturated rings. The molecule has 2 heterocycles. The Bertz CT molecular complexity index is 654. The normalized spacial score (nSPS) is 16.0. The van der Waals surface area contributed by atoms with Crippen LogP contribution in [-0.2, 0) is 4.74 Å². The first-order valence-electron chi connectivity index (χ1n) is 7.13. The molecule has 1 saturated heterocycles. The van der Waals surface area contributed by atoms with E-state index in [1.807, 2.05) is 50.9 Å². The minimum absolute atomic E-state index is 0.210. The number of benzene rings is 1. The summed E-state index contributed by atoms with van der Waals surface area (Å²) in [5.74, 6) is 0. The summed E-state index contributed by atoms with van der Waals surface area (Å²) in [5, 5.41) is 1.69. The van der Waals surface area contributed by atoms with Crippen LogP contribution in [0.15, 0.2) is 35.4 Å². The fourth-order valence-electron chi connectivity index (χ4n) is 2.31. The minimum Gasteiger partial charge on any atom is -0.444 e. The number of aromatic amines is 1. The van der Waals surface area contributed by atoms with Crippen LogP contribution in [0.3, 0.4) is 0 Å². The highest BCUT2D eigenvalue weighted by Crippen LogP contribution is 2.34. The largest absolute Gasteiger partial charge is 0.444 e. The predicted molar refractivity (Wildman–Crippen MR) is 85.8 cm³/mol. The third-order valence-electron chi connectivity index (χ3n) is 3.34. The minimum atomic E-state index is -0.424. The summed E-state index contributed by atoms with van der Waals surface area (Å²) in [6, 6.07) is 8.28. The molecule has 1 aliphatic rings. The van der Waals surface area contributed by atoms with E-state index in [1.165, 1.54) is 10.3 Å².